The van der Waals surface area contributed by atoms with Crippen LogP contribution in [0.4, 0.5) is 11.4 Å². The van der Waals surface area contributed by atoms with Crippen LogP contribution in [0.2, 0.25) is 0 Å². The summed E-state index contributed by atoms with van der Waals surface area (Å²) in [6.07, 6.45) is 0. The minimum absolute atomic E-state index is 0.0159. The van der Waals surface area contributed by atoms with Crippen LogP contribution in [0.25, 0.3) is 0 Å². The predicted molar refractivity (Wildman–Crippen MR) is 94.4 cm³/mol. The van der Waals surface area contributed by atoms with Crippen molar-refractivity contribution in [3.8, 4) is 0 Å². The highest BCUT2D eigenvalue weighted by molar-refractivity contribution is 8.15. The Hall–Kier alpha value is -2.67. The van der Waals surface area contributed by atoms with Gasteiger partial charge in [0, 0.05) is 12.1 Å². The van der Waals surface area contributed by atoms with Crippen molar-refractivity contribution in [1.82, 2.24) is 4.90 Å². The molecule has 0 aromatic heterocycles. The van der Waals surface area contributed by atoms with E-state index < -0.39 is 4.92 Å². The van der Waals surface area contributed by atoms with Gasteiger partial charge in [0.1, 0.15) is 0 Å². The second kappa shape index (κ2) is 6.84. The summed E-state index contributed by atoms with van der Waals surface area (Å²) in [7, 11) is 0. The summed E-state index contributed by atoms with van der Waals surface area (Å²) in [5.41, 5.74) is 2.40. The lowest BCUT2D eigenvalue weighted by Crippen LogP contribution is -2.28. The summed E-state index contributed by atoms with van der Waals surface area (Å²) in [6.45, 7) is 2.24. The van der Waals surface area contributed by atoms with E-state index in [4.69, 9.17) is 0 Å². The number of carbonyl (C=O) groups excluding carboxylic acids is 1. The van der Waals surface area contributed by atoms with E-state index in [0.717, 1.165) is 5.56 Å². The Balaban J connectivity index is 1.88. The number of benzene rings is 2. The van der Waals surface area contributed by atoms with Gasteiger partial charge in [0.25, 0.3) is 5.69 Å². The number of hydrogen-bond donors (Lipinski definition) is 0. The number of thioether (sulfide) groups is 1. The van der Waals surface area contributed by atoms with E-state index in [1.807, 2.05) is 30.3 Å². The maximum atomic E-state index is 12.1. The van der Waals surface area contributed by atoms with Gasteiger partial charge in [-0.05, 0) is 24.1 Å². The van der Waals surface area contributed by atoms with Gasteiger partial charge in [0.15, 0.2) is 5.17 Å². The molecule has 1 aliphatic heterocycles. The largest absolute Gasteiger partial charge is 0.286 e. The SMILES string of the molecule is Cc1cc([N+](=O)[O-])ccc1N=C1SCC(=O)N1Cc1ccccc1. The first-order chi connectivity index (χ1) is 11.5. The molecule has 6 nitrogen and oxygen atoms in total. The highest BCUT2D eigenvalue weighted by atomic mass is 32.2. The topological polar surface area (TPSA) is 75.8 Å². The standard InChI is InChI=1S/C17H15N3O3S/c1-12-9-14(20(22)23)7-8-15(12)18-17-19(16(21)11-24-17)10-13-5-3-2-4-6-13/h2-9H,10-11H2,1H3. The fourth-order valence-electron chi connectivity index (χ4n) is 2.38. The summed E-state index contributed by atoms with van der Waals surface area (Å²) in [5.74, 6) is 0.375. The number of non-ortho nitro benzene ring substituents is 1. The summed E-state index contributed by atoms with van der Waals surface area (Å²) in [4.78, 5) is 28.7. The maximum absolute atomic E-state index is 12.1. The van der Waals surface area contributed by atoms with Crippen LogP contribution in [0, 0.1) is 17.0 Å². The van der Waals surface area contributed by atoms with Crippen LogP contribution < -0.4 is 0 Å². The van der Waals surface area contributed by atoms with Crippen molar-refractivity contribution in [2.24, 2.45) is 4.99 Å². The second-order valence-corrected chi connectivity index (χ2v) is 6.32. The normalized spacial score (nSPS) is 16.0. The van der Waals surface area contributed by atoms with Crippen molar-refractivity contribution in [2.75, 3.05) is 5.75 Å². The second-order valence-electron chi connectivity index (χ2n) is 5.38. The van der Waals surface area contributed by atoms with E-state index in [-0.39, 0.29) is 11.6 Å². The van der Waals surface area contributed by atoms with Gasteiger partial charge in [0.05, 0.1) is 22.9 Å². The third kappa shape index (κ3) is 3.46. The highest BCUT2D eigenvalue weighted by Gasteiger charge is 2.28. The van der Waals surface area contributed by atoms with Gasteiger partial charge in [-0.15, -0.1) is 0 Å². The van der Waals surface area contributed by atoms with E-state index in [0.29, 0.717) is 28.7 Å². The Labute approximate surface area is 143 Å². The van der Waals surface area contributed by atoms with Gasteiger partial charge >= 0.3 is 0 Å². The molecule has 122 valence electrons. The van der Waals surface area contributed by atoms with Crippen molar-refractivity contribution in [2.45, 2.75) is 13.5 Å². The zero-order valence-corrected chi connectivity index (χ0v) is 13.8. The molecular weight excluding hydrogens is 326 g/mol. The molecule has 1 fully saturated rings. The zero-order valence-electron chi connectivity index (χ0n) is 13.0. The monoisotopic (exact) mass is 341 g/mol. The summed E-state index contributed by atoms with van der Waals surface area (Å²) >= 11 is 1.38. The molecule has 2 aromatic carbocycles. The molecular formula is C17H15N3O3S. The Bertz CT molecular complexity index is 821. The Morgan fingerprint density at radius 1 is 1.25 bits per heavy atom. The van der Waals surface area contributed by atoms with Crippen molar-refractivity contribution in [1.29, 1.82) is 0 Å². The summed E-state index contributed by atoms with van der Waals surface area (Å²) in [6, 6.07) is 14.2. The average molecular weight is 341 g/mol. The molecule has 0 saturated carbocycles. The minimum atomic E-state index is -0.431. The number of nitro groups is 1. The van der Waals surface area contributed by atoms with Crippen LogP contribution in [0.15, 0.2) is 53.5 Å². The third-order valence-corrected chi connectivity index (χ3v) is 4.61. The average Bonchev–Trinajstić information content (AvgIpc) is 2.91. The number of rotatable bonds is 4. The molecule has 1 aliphatic rings. The van der Waals surface area contributed by atoms with E-state index in [1.54, 1.807) is 17.9 Å². The molecule has 1 amide bonds. The van der Waals surface area contributed by atoms with Crippen LogP contribution >= 0.6 is 11.8 Å². The van der Waals surface area contributed by atoms with Crippen molar-refractivity contribution >= 4 is 34.2 Å². The van der Waals surface area contributed by atoms with Gasteiger partial charge in [0.2, 0.25) is 5.91 Å². The number of amides is 1. The smallest absolute Gasteiger partial charge is 0.269 e. The summed E-state index contributed by atoms with van der Waals surface area (Å²) in [5, 5.41) is 11.4. The van der Waals surface area contributed by atoms with E-state index in [2.05, 4.69) is 4.99 Å². The lowest BCUT2D eigenvalue weighted by atomic mass is 10.2. The molecule has 1 saturated heterocycles. The van der Waals surface area contributed by atoms with Crippen molar-refractivity contribution < 1.29 is 9.72 Å². The van der Waals surface area contributed by atoms with Crippen LogP contribution in [-0.2, 0) is 11.3 Å². The number of hydrogen-bond acceptors (Lipinski definition) is 5. The van der Waals surface area contributed by atoms with Crippen LogP contribution in [0.3, 0.4) is 0 Å². The number of aliphatic imine (C=N–C) groups is 1. The number of amidine groups is 1. The third-order valence-electron chi connectivity index (χ3n) is 3.65. The molecule has 7 heteroatoms. The zero-order chi connectivity index (χ0) is 17.1. The molecule has 0 spiro atoms. The fraction of sp³-hybridized carbons (Fsp3) is 0.176. The molecule has 0 radical (unpaired) electrons. The Kier molecular flexibility index (Phi) is 4.61. The minimum Gasteiger partial charge on any atom is -0.286 e. The molecule has 0 atom stereocenters. The van der Waals surface area contributed by atoms with Gasteiger partial charge in [-0.2, -0.15) is 0 Å². The Morgan fingerprint density at radius 3 is 2.67 bits per heavy atom. The molecule has 2 aromatic rings. The number of nitro benzene ring substituents is 1. The lowest BCUT2D eigenvalue weighted by molar-refractivity contribution is -0.384. The maximum Gasteiger partial charge on any atom is 0.269 e. The predicted octanol–water partition coefficient (Wildman–Crippen LogP) is 3.67. The van der Waals surface area contributed by atoms with E-state index in [1.165, 1.54) is 23.9 Å². The van der Waals surface area contributed by atoms with Crippen LogP contribution in [0.5, 0.6) is 0 Å². The first kappa shape index (κ1) is 16.2. The lowest BCUT2D eigenvalue weighted by Gasteiger charge is -2.16. The molecule has 0 unspecified atom stereocenters. The Morgan fingerprint density at radius 2 is 2.00 bits per heavy atom. The van der Waals surface area contributed by atoms with E-state index in [9.17, 15) is 14.9 Å². The molecule has 0 aliphatic carbocycles. The fourth-order valence-corrected chi connectivity index (χ4v) is 3.28. The van der Waals surface area contributed by atoms with E-state index >= 15 is 0 Å². The van der Waals surface area contributed by atoms with Gasteiger partial charge in [-0.3, -0.25) is 19.8 Å². The number of carbonyl (C=O) groups is 1. The van der Waals surface area contributed by atoms with Crippen molar-refractivity contribution in [3.63, 3.8) is 0 Å². The number of nitrogens with zero attached hydrogens (tertiary/aromatic N) is 3. The molecule has 1 heterocycles. The summed E-state index contributed by atoms with van der Waals surface area (Å²) < 4.78 is 0. The van der Waals surface area contributed by atoms with Gasteiger partial charge in [-0.1, -0.05) is 42.1 Å². The molecule has 3 rings (SSSR count). The van der Waals surface area contributed by atoms with Crippen LogP contribution in [-0.4, -0.2) is 26.7 Å². The number of aryl methyl sites for hydroxylation is 1. The first-order valence-corrected chi connectivity index (χ1v) is 8.34. The van der Waals surface area contributed by atoms with Gasteiger partial charge < -0.3 is 0 Å². The van der Waals surface area contributed by atoms with Crippen molar-refractivity contribution in [3.05, 3.63) is 69.8 Å². The molecule has 0 bridgehead atoms. The highest BCUT2D eigenvalue weighted by Crippen LogP contribution is 2.29. The van der Waals surface area contributed by atoms with Crippen LogP contribution in [0.1, 0.15) is 11.1 Å². The quantitative estimate of drug-likeness (QED) is 0.628. The molecule has 0 N–H and O–H groups in total. The molecule has 24 heavy (non-hydrogen) atoms. The van der Waals surface area contributed by atoms with Gasteiger partial charge in [-0.25, -0.2) is 4.99 Å². The first-order valence-electron chi connectivity index (χ1n) is 7.35.